The Kier molecular flexibility index (Phi) is 6.08. The largest absolute Gasteiger partial charge is 0.497 e. The Morgan fingerprint density at radius 1 is 1.20 bits per heavy atom. The zero-order valence-corrected chi connectivity index (χ0v) is 19.2. The Labute approximate surface area is 186 Å². The number of methoxy groups -OCH3 is 1. The molecule has 1 aromatic heterocycles. The van der Waals surface area contributed by atoms with Crippen LogP contribution in [-0.4, -0.2) is 20.5 Å². The third-order valence-electron chi connectivity index (χ3n) is 6.04. The predicted octanol–water partition coefficient (Wildman–Crippen LogP) is 5.44. The molecule has 1 aliphatic carbocycles. The van der Waals surface area contributed by atoms with Gasteiger partial charge in [-0.2, -0.15) is 0 Å². The smallest absolute Gasteiger partial charge is 0.238 e. The summed E-state index contributed by atoms with van der Waals surface area (Å²) in [5.74, 6) is 0.635. The molecule has 1 aliphatic rings. The third kappa shape index (κ3) is 4.35. The first-order valence-electron chi connectivity index (χ1n) is 10.1. The van der Waals surface area contributed by atoms with Crippen molar-refractivity contribution in [2.75, 3.05) is 7.11 Å². The Bertz CT molecular complexity index is 1170. The fraction of sp³-hybridized carbons (Fsp3) is 0.409. The summed E-state index contributed by atoms with van der Waals surface area (Å²) in [5, 5.41) is 7.33. The summed E-state index contributed by atoms with van der Waals surface area (Å²) < 4.78 is 30.4. The molecule has 30 heavy (non-hydrogen) atoms. The number of aryl methyl sites for hydroxylation is 1. The quantitative estimate of drug-likeness (QED) is 0.504. The molecule has 1 saturated carbocycles. The standard InChI is InChI=1S/C22H25ClN2O3S2/c1-28-17-7-9-20(30(24,26)27)15(13-17)5-4-12-22(10-2-3-11-22)21-25-18-8-6-16(23)14-19(18)29-21/h6-9,13-14H,2-5,10-12H2,1H3,(H2,24,26,27). The van der Waals surface area contributed by atoms with Crippen LogP contribution >= 0.6 is 22.9 Å². The fourth-order valence-corrected chi connectivity index (χ4v) is 6.82. The summed E-state index contributed by atoms with van der Waals surface area (Å²) >= 11 is 7.90. The van der Waals surface area contributed by atoms with Gasteiger partial charge in [-0.3, -0.25) is 0 Å². The van der Waals surface area contributed by atoms with Crippen LogP contribution in [0.5, 0.6) is 5.75 Å². The number of ether oxygens (including phenoxy) is 1. The van der Waals surface area contributed by atoms with E-state index < -0.39 is 10.0 Å². The van der Waals surface area contributed by atoms with Crippen molar-refractivity contribution in [1.29, 1.82) is 0 Å². The lowest BCUT2D eigenvalue weighted by molar-refractivity contribution is 0.390. The molecule has 0 amide bonds. The zero-order chi connectivity index (χ0) is 21.4. The third-order valence-corrected chi connectivity index (χ3v) is 8.55. The Morgan fingerprint density at radius 3 is 2.67 bits per heavy atom. The molecule has 1 heterocycles. The number of primary sulfonamides is 1. The first kappa shape index (κ1) is 21.6. The number of benzene rings is 2. The molecule has 5 nitrogen and oxygen atoms in total. The number of hydrogen-bond donors (Lipinski definition) is 1. The van der Waals surface area contributed by atoms with Crippen LogP contribution in [0, 0.1) is 0 Å². The summed E-state index contributed by atoms with van der Waals surface area (Å²) in [4.78, 5) is 5.12. The van der Waals surface area contributed by atoms with Crippen LogP contribution in [0.2, 0.25) is 5.02 Å². The highest BCUT2D eigenvalue weighted by Gasteiger charge is 2.38. The molecular weight excluding hydrogens is 440 g/mol. The summed E-state index contributed by atoms with van der Waals surface area (Å²) in [7, 11) is -2.20. The maximum atomic E-state index is 12.0. The molecule has 3 aromatic rings. The lowest BCUT2D eigenvalue weighted by Gasteiger charge is -2.26. The number of hydrogen-bond acceptors (Lipinski definition) is 5. The van der Waals surface area contributed by atoms with Crippen LogP contribution in [0.15, 0.2) is 41.3 Å². The van der Waals surface area contributed by atoms with E-state index in [2.05, 4.69) is 0 Å². The molecule has 0 radical (unpaired) electrons. The zero-order valence-electron chi connectivity index (χ0n) is 16.9. The van der Waals surface area contributed by atoms with Crippen molar-refractivity contribution in [3.05, 3.63) is 52.0 Å². The van der Waals surface area contributed by atoms with Gasteiger partial charge in [-0.15, -0.1) is 11.3 Å². The van der Waals surface area contributed by atoms with Crippen LogP contribution in [0.4, 0.5) is 0 Å². The second-order valence-corrected chi connectivity index (χ2v) is 11.0. The predicted molar refractivity (Wildman–Crippen MR) is 122 cm³/mol. The van der Waals surface area contributed by atoms with E-state index >= 15 is 0 Å². The molecule has 0 aliphatic heterocycles. The summed E-state index contributed by atoms with van der Waals surface area (Å²) in [5.41, 5.74) is 1.76. The number of rotatable bonds is 7. The number of sulfonamides is 1. The maximum absolute atomic E-state index is 12.0. The highest BCUT2D eigenvalue weighted by Crippen LogP contribution is 2.47. The van der Waals surface area contributed by atoms with E-state index in [1.165, 1.54) is 23.9 Å². The molecule has 0 saturated heterocycles. The molecule has 160 valence electrons. The number of halogens is 1. The van der Waals surface area contributed by atoms with Crippen LogP contribution < -0.4 is 9.88 Å². The number of nitrogens with zero attached hydrogens (tertiary/aromatic N) is 1. The maximum Gasteiger partial charge on any atom is 0.238 e. The van der Waals surface area contributed by atoms with Gasteiger partial charge in [0.1, 0.15) is 5.75 Å². The minimum atomic E-state index is -3.78. The second-order valence-electron chi connectivity index (χ2n) is 7.99. The van der Waals surface area contributed by atoms with Crippen molar-refractivity contribution in [2.24, 2.45) is 5.14 Å². The van der Waals surface area contributed by atoms with Gasteiger partial charge in [0, 0.05) is 10.4 Å². The minimum Gasteiger partial charge on any atom is -0.497 e. The van der Waals surface area contributed by atoms with Crippen molar-refractivity contribution in [3.63, 3.8) is 0 Å². The molecule has 0 spiro atoms. The molecule has 4 rings (SSSR count). The molecule has 2 N–H and O–H groups in total. The van der Waals surface area contributed by atoms with Crippen LogP contribution in [0.25, 0.3) is 10.2 Å². The van der Waals surface area contributed by atoms with Crippen molar-refractivity contribution in [1.82, 2.24) is 4.98 Å². The molecule has 0 unspecified atom stereocenters. The van der Waals surface area contributed by atoms with Gasteiger partial charge >= 0.3 is 0 Å². The molecular formula is C22H25ClN2O3S2. The Balaban J connectivity index is 1.58. The van der Waals surface area contributed by atoms with Crippen molar-refractivity contribution in [2.45, 2.75) is 55.3 Å². The van der Waals surface area contributed by atoms with Gasteiger partial charge in [0.25, 0.3) is 0 Å². The van der Waals surface area contributed by atoms with E-state index in [4.69, 9.17) is 26.5 Å². The Morgan fingerprint density at radius 2 is 1.97 bits per heavy atom. The fourth-order valence-electron chi connectivity index (χ4n) is 4.52. The van der Waals surface area contributed by atoms with Crippen LogP contribution in [0.3, 0.4) is 0 Å². The highest BCUT2D eigenvalue weighted by atomic mass is 35.5. The number of nitrogens with two attached hydrogens (primary N) is 1. The van der Waals surface area contributed by atoms with Gasteiger partial charge in [-0.1, -0.05) is 24.4 Å². The average Bonchev–Trinajstić information content (AvgIpc) is 3.34. The average molecular weight is 465 g/mol. The van der Waals surface area contributed by atoms with Gasteiger partial charge in [-0.05, 0) is 74.1 Å². The van der Waals surface area contributed by atoms with Crippen LogP contribution in [0.1, 0.15) is 49.1 Å². The molecule has 8 heteroatoms. The van der Waals surface area contributed by atoms with Gasteiger partial charge in [-0.25, -0.2) is 18.5 Å². The van der Waals surface area contributed by atoms with Gasteiger partial charge < -0.3 is 4.74 Å². The van der Waals surface area contributed by atoms with Crippen molar-refractivity contribution < 1.29 is 13.2 Å². The number of thiazole rings is 1. The molecule has 0 bridgehead atoms. The first-order chi connectivity index (χ1) is 14.3. The lowest BCUT2D eigenvalue weighted by Crippen LogP contribution is -2.22. The van der Waals surface area contributed by atoms with Crippen LogP contribution in [-0.2, 0) is 21.9 Å². The molecule has 0 atom stereocenters. The van der Waals surface area contributed by atoms with E-state index in [0.29, 0.717) is 17.7 Å². The normalized spacial score (nSPS) is 16.2. The second kappa shape index (κ2) is 8.46. The SMILES string of the molecule is COc1ccc(S(N)(=O)=O)c(CCCC2(c3nc4ccc(Cl)cc4s3)CCCC2)c1. The van der Waals surface area contributed by atoms with E-state index in [0.717, 1.165) is 40.9 Å². The van der Waals surface area contributed by atoms with Gasteiger partial charge in [0.2, 0.25) is 10.0 Å². The summed E-state index contributed by atoms with van der Waals surface area (Å²) in [6.07, 6.45) is 7.05. The van der Waals surface area contributed by atoms with Crippen molar-refractivity contribution >= 4 is 43.2 Å². The number of aromatic nitrogens is 1. The topological polar surface area (TPSA) is 82.3 Å². The summed E-state index contributed by atoms with van der Waals surface area (Å²) in [6.45, 7) is 0. The Hall–Kier alpha value is -1.67. The first-order valence-corrected chi connectivity index (χ1v) is 12.8. The summed E-state index contributed by atoms with van der Waals surface area (Å²) in [6, 6.07) is 10.8. The van der Waals surface area contributed by atoms with Crippen molar-refractivity contribution in [3.8, 4) is 5.75 Å². The monoisotopic (exact) mass is 464 g/mol. The minimum absolute atomic E-state index is 0.0524. The van der Waals surface area contributed by atoms with E-state index in [-0.39, 0.29) is 10.3 Å². The molecule has 1 fully saturated rings. The van der Waals surface area contributed by atoms with E-state index in [9.17, 15) is 8.42 Å². The number of fused-ring (bicyclic) bond motifs is 1. The van der Waals surface area contributed by atoms with Gasteiger partial charge in [0.15, 0.2) is 0 Å². The van der Waals surface area contributed by atoms with Gasteiger partial charge in [0.05, 0.1) is 27.2 Å². The molecule has 2 aromatic carbocycles. The lowest BCUT2D eigenvalue weighted by atomic mass is 9.81. The highest BCUT2D eigenvalue weighted by molar-refractivity contribution is 7.89. The van der Waals surface area contributed by atoms with E-state index in [1.807, 2.05) is 18.2 Å². The van der Waals surface area contributed by atoms with E-state index in [1.54, 1.807) is 30.6 Å².